The highest BCUT2D eigenvalue weighted by molar-refractivity contribution is 5.97. The van der Waals surface area contributed by atoms with E-state index in [1.54, 1.807) is 23.1 Å². The summed E-state index contributed by atoms with van der Waals surface area (Å²) >= 11 is 0. The molecule has 2 aromatic rings. The van der Waals surface area contributed by atoms with Gasteiger partial charge in [-0.05, 0) is 30.5 Å². The fourth-order valence-electron chi connectivity index (χ4n) is 3.29. The topological polar surface area (TPSA) is 32.3 Å². The van der Waals surface area contributed by atoms with Gasteiger partial charge in [0.05, 0.1) is 6.54 Å². The summed E-state index contributed by atoms with van der Waals surface area (Å²) in [5, 5.41) is 2.39. The summed E-state index contributed by atoms with van der Waals surface area (Å²) in [5.41, 5.74) is 1.92. The van der Waals surface area contributed by atoms with Crippen LogP contribution in [0.2, 0.25) is 0 Å². The van der Waals surface area contributed by atoms with Crippen LogP contribution in [0, 0.1) is 0 Å². The third-order valence-corrected chi connectivity index (χ3v) is 4.39. The van der Waals surface area contributed by atoms with E-state index in [1.807, 2.05) is 31.2 Å². The summed E-state index contributed by atoms with van der Waals surface area (Å²) in [6, 6.07) is 13.1. The van der Waals surface area contributed by atoms with Crippen LogP contribution in [0.25, 0.3) is 0 Å². The Morgan fingerprint density at radius 3 is 2.48 bits per heavy atom. The molecule has 0 aromatic heterocycles. The summed E-state index contributed by atoms with van der Waals surface area (Å²) < 4.78 is 40.1. The molecule has 3 rings (SSSR count). The second-order valence-corrected chi connectivity index (χ2v) is 6.21. The van der Waals surface area contributed by atoms with Gasteiger partial charge in [0.1, 0.15) is 6.04 Å². The third kappa shape index (κ3) is 3.69. The van der Waals surface area contributed by atoms with Crippen molar-refractivity contribution in [2.75, 3.05) is 11.4 Å². The highest BCUT2D eigenvalue weighted by Gasteiger charge is 2.41. The largest absolute Gasteiger partial charge is 0.407 e. The lowest BCUT2D eigenvalue weighted by Gasteiger charge is -2.26. The predicted octanol–water partition coefficient (Wildman–Crippen LogP) is 3.86. The number of nitrogens with one attached hydrogen (secondary N) is 1. The molecule has 1 heterocycles. The maximum absolute atomic E-state index is 13.4. The number of fused-ring (bicyclic) bond motifs is 1. The Labute approximate surface area is 144 Å². The maximum Gasteiger partial charge on any atom is 0.407 e. The van der Waals surface area contributed by atoms with Gasteiger partial charge in [0.2, 0.25) is 5.91 Å². The van der Waals surface area contributed by atoms with Gasteiger partial charge in [0.15, 0.2) is 0 Å². The average molecular weight is 348 g/mol. The van der Waals surface area contributed by atoms with Crippen molar-refractivity contribution in [1.29, 1.82) is 0 Å². The predicted molar refractivity (Wildman–Crippen MR) is 90.3 cm³/mol. The summed E-state index contributed by atoms with van der Waals surface area (Å²) in [7, 11) is 0. The van der Waals surface area contributed by atoms with Crippen molar-refractivity contribution in [1.82, 2.24) is 5.32 Å². The molecule has 0 fully saturated rings. The number of alkyl halides is 3. The highest BCUT2D eigenvalue weighted by atomic mass is 19.4. The van der Waals surface area contributed by atoms with Gasteiger partial charge in [0.25, 0.3) is 0 Å². The smallest absolute Gasteiger partial charge is 0.308 e. The van der Waals surface area contributed by atoms with Crippen LogP contribution in [0.4, 0.5) is 18.9 Å². The van der Waals surface area contributed by atoms with Gasteiger partial charge in [0, 0.05) is 11.7 Å². The number of rotatable bonds is 4. The molecule has 0 saturated heterocycles. The number of halogens is 3. The zero-order valence-corrected chi connectivity index (χ0v) is 13.8. The van der Waals surface area contributed by atoms with Crippen LogP contribution in [-0.2, 0) is 11.2 Å². The molecule has 2 atom stereocenters. The van der Waals surface area contributed by atoms with E-state index < -0.39 is 12.2 Å². The standard InChI is InChI=1S/C19H19F3N2O/c1-13-11-15-9-5-6-10-16(15)24(13)17(25)12-23-18(19(20,21)22)14-7-3-2-4-8-14/h2-10,13,18,23H,11-12H2,1H3. The number of hydrogen-bond donors (Lipinski definition) is 1. The van der Waals surface area contributed by atoms with E-state index in [2.05, 4.69) is 5.32 Å². The second kappa shape index (κ2) is 6.88. The van der Waals surface area contributed by atoms with Gasteiger partial charge in [-0.2, -0.15) is 13.2 Å². The molecular weight excluding hydrogens is 329 g/mol. The van der Waals surface area contributed by atoms with Gasteiger partial charge in [-0.3, -0.25) is 10.1 Å². The quantitative estimate of drug-likeness (QED) is 0.910. The summed E-state index contributed by atoms with van der Waals surface area (Å²) in [4.78, 5) is 14.2. The Kier molecular flexibility index (Phi) is 4.81. The fraction of sp³-hybridized carbons (Fsp3) is 0.316. The maximum atomic E-state index is 13.4. The number of para-hydroxylation sites is 1. The molecule has 0 radical (unpaired) electrons. The lowest BCUT2D eigenvalue weighted by atomic mass is 10.1. The molecular formula is C19H19F3N2O. The first-order valence-corrected chi connectivity index (χ1v) is 8.13. The summed E-state index contributed by atoms with van der Waals surface area (Å²) in [5.74, 6) is -0.359. The Balaban J connectivity index is 1.74. The van der Waals surface area contributed by atoms with E-state index in [-0.39, 0.29) is 24.1 Å². The number of carbonyl (C=O) groups is 1. The van der Waals surface area contributed by atoms with Crippen LogP contribution in [-0.4, -0.2) is 24.7 Å². The molecule has 2 aromatic carbocycles. The van der Waals surface area contributed by atoms with Crippen molar-refractivity contribution in [3.05, 3.63) is 65.7 Å². The molecule has 6 heteroatoms. The van der Waals surface area contributed by atoms with Crippen LogP contribution in [0.15, 0.2) is 54.6 Å². The van der Waals surface area contributed by atoms with E-state index >= 15 is 0 Å². The van der Waals surface area contributed by atoms with Crippen LogP contribution < -0.4 is 10.2 Å². The third-order valence-electron chi connectivity index (χ3n) is 4.39. The first-order chi connectivity index (χ1) is 11.9. The molecule has 1 aliphatic rings. The lowest BCUT2D eigenvalue weighted by molar-refractivity contribution is -0.158. The van der Waals surface area contributed by atoms with Crippen molar-refractivity contribution in [2.45, 2.75) is 31.6 Å². The number of carbonyl (C=O) groups excluding carboxylic acids is 1. The molecule has 132 valence electrons. The normalized spacial score (nSPS) is 18.1. The van der Waals surface area contributed by atoms with Gasteiger partial charge < -0.3 is 4.90 Å². The highest BCUT2D eigenvalue weighted by Crippen LogP contribution is 2.34. The fourth-order valence-corrected chi connectivity index (χ4v) is 3.29. The Bertz CT molecular complexity index is 746. The van der Waals surface area contributed by atoms with E-state index in [0.29, 0.717) is 6.42 Å². The van der Waals surface area contributed by atoms with Gasteiger partial charge >= 0.3 is 6.18 Å². The van der Waals surface area contributed by atoms with E-state index in [1.165, 1.54) is 12.1 Å². The molecule has 1 aliphatic heterocycles. The minimum Gasteiger partial charge on any atom is -0.308 e. The number of nitrogens with zero attached hydrogens (tertiary/aromatic N) is 1. The molecule has 1 amide bonds. The van der Waals surface area contributed by atoms with E-state index in [9.17, 15) is 18.0 Å². The van der Waals surface area contributed by atoms with Gasteiger partial charge in [-0.25, -0.2) is 0 Å². The summed E-state index contributed by atoms with van der Waals surface area (Å²) in [6.07, 6.45) is -3.76. The monoisotopic (exact) mass is 348 g/mol. The first kappa shape index (κ1) is 17.5. The van der Waals surface area contributed by atoms with E-state index in [4.69, 9.17) is 0 Å². The van der Waals surface area contributed by atoms with Crippen LogP contribution in [0.1, 0.15) is 24.1 Å². The molecule has 0 spiro atoms. The average Bonchev–Trinajstić information content (AvgIpc) is 2.90. The van der Waals surface area contributed by atoms with Crippen LogP contribution >= 0.6 is 0 Å². The molecule has 25 heavy (non-hydrogen) atoms. The zero-order valence-electron chi connectivity index (χ0n) is 13.8. The Morgan fingerprint density at radius 2 is 1.80 bits per heavy atom. The van der Waals surface area contributed by atoms with Gasteiger partial charge in [-0.15, -0.1) is 0 Å². The molecule has 1 N–H and O–H groups in total. The van der Waals surface area contributed by atoms with Crippen LogP contribution in [0.5, 0.6) is 0 Å². The minimum atomic E-state index is -4.48. The Hall–Kier alpha value is -2.34. The number of hydrogen-bond acceptors (Lipinski definition) is 2. The second-order valence-electron chi connectivity index (χ2n) is 6.21. The van der Waals surface area contributed by atoms with Crippen molar-refractivity contribution in [3.63, 3.8) is 0 Å². The minimum absolute atomic E-state index is 0.0623. The zero-order chi connectivity index (χ0) is 18.0. The number of amides is 1. The SMILES string of the molecule is CC1Cc2ccccc2N1C(=O)CNC(c1ccccc1)C(F)(F)F. The summed E-state index contributed by atoms with van der Waals surface area (Å²) in [6.45, 7) is 1.52. The van der Waals surface area contributed by atoms with Crippen molar-refractivity contribution in [3.8, 4) is 0 Å². The van der Waals surface area contributed by atoms with Crippen molar-refractivity contribution >= 4 is 11.6 Å². The number of anilines is 1. The van der Waals surface area contributed by atoms with Crippen LogP contribution in [0.3, 0.4) is 0 Å². The molecule has 0 bridgehead atoms. The van der Waals surface area contributed by atoms with Gasteiger partial charge in [-0.1, -0.05) is 48.5 Å². The Morgan fingerprint density at radius 1 is 1.16 bits per heavy atom. The molecule has 0 aliphatic carbocycles. The molecule has 2 unspecified atom stereocenters. The first-order valence-electron chi connectivity index (χ1n) is 8.13. The molecule has 0 saturated carbocycles. The van der Waals surface area contributed by atoms with Crippen molar-refractivity contribution in [2.24, 2.45) is 0 Å². The number of benzene rings is 2. The van der Waals surface area contributed by atoms with Crippen molar-refractivity contribution < 1.29 is 18.0 Å². The lowest BCUT2D eigenvalue weighted by Crippen LogP contribution is -2.44. The van der Waals surface area contributed by atoms with E-state index in [0.717, 1.165) is 11.3 Å². The molecule has 3 nitrogen and oxygen atoms in total.